The maximum Gasteiger partial charge on any atom is 0.228 e. The number of nitrogens with zero attached hydrogens (tertiary/aromatic N) is 3. The highest BCUT2D eigenvalue weighted by molar-refractivity contribution is 5.32. The lowest BCUT2D eigenvalue weighted by molar-refractivity contribution is 0.396. The molecule has 72 valence electrons. The molecule has 0 spiro atoms. The van der Waals surface area contributed by atoms with Gasteiger partial charge >= 0.3 is 0 Å². The molecule has 0 aliphatic carbocycles. The molecule has 0 saturated carbocycles. The third kappa shape index (κ3) is 2.31. The molecule has 1 aromatic heterocycles. The number of hydrogen-bond donors (Lipinski definition) is 0. The molecule has 0 unspecified atom stereocenters. The number of anilines is 1. The van der Waals surface area contributed by atoms with Crippen molar-refractivity contribution in [1.29, 1.82) is 0 Å². The molecule has 4 nitrogen and oxygen atoms in total. The van der Waals surface area contributed by atoms with E-state index in [0.29, 0.717) is 11.8 Å². The van der Waals surface area contributed by atoms with E-state index in [-0.39, 0.29) is 0 Å². The summed E-state index contributed by atoms with van der Waals surface area (Å²) < 4.78 is 5.05. The van der Waals surface area contributed by atoms with E-state index in [0.717, 1.165) is 12.2 Å². The van der Waals surface area contributed by atoms with Crippen LogP contribution in [0.4, 0.5) is 5.95 Å². The molecule has 0 aromatic carbocycles. The van der Waals surface area contributed by atoms with E-state index in [1.807, 2.05) is 24.9 Å². The first-order valence-electron chi connectivity index (χ1n) is 4.28. The Kier molecular flexibility index (Phi) is 3.06. The molecule has 0 atom stereocenters. The van der Waals surface area contributed by atoms with Gasteiger partial charge in [0.15, 0.2) is 0 Å². The van der Waals surface area contributed by atoms with Crippen LogP contribution in [0.25, 0.3) is 0 Å². The minimum absolute atomic E-state index is 0.614. The lowest BCUT2D eigenvalue weighted by Crippen LogP contribution is -2.19. The summed E-state index contributed by atoms with van der Waals surface area (Å²) in [6.07, 6.45) is 0. The van der Waals surface area contributed by atoms with Crippen molar-refractivity contribution in [3.05, 3.63) is 11.8 Å². The molecule has 1 aromatic rings. The van der Waals surface area contributed by atoms with Crippen LogP contribution in [0.2, 0.25) is 0 Å². The van der Waals surface area contributed by atoms with E-state index in [1.165, 1.54) is 0 Å². The smallest absolute Gasteiger partial charge is 0.228 e. The van der Waals surface area contributed by atoms with Crippen molar-refractivity contribution in [2.24, 2.45) is 0 Å². The van der Waals surface area contributed by atoms with Crippen molar-refractivity contribution in [2.75, 3.05) is 25.6 Å². The van der Waals surface area contributed by atoms with Crippen LogP contribution >= 0.6 is 0 Å². The first kappa shape index (κ1) is 9.77. The van der Waals surface area contributed by atoms with Crippen LogP contribution < -0.4 is 9.64 Å². The van der Waals surface area contributed by atoms with Crippen molar-refractivity contribution in [1.82, 2.24) is 9.97 Å². The van der Waals surface area contributed by atoms with Gasteiger partial charge in [-0.25, -0.2) is 4.98 Å². The number of rotatable bonds is 3. The van der Waals surface area contributed by atoms with Gasteiger partial charge in [0.2, 0.25) is 11.8 Å². The minimum atomic E-state index is 0.614. The Bertz CT molecular complexity index is 288. The second-order valence-electron chi connectivity index (χ2n) is 2.87. The molecule has 0 aliphatic heterocycles. The van der Waals surface area contributed by atoms with Crippen molar-refractivity contribution in [3.8, 4) is 5.88 Å². The topological polar surface area (TPSA) is 38.2 Å². The van der Waals surface area contributed by atoms with Gasteiger partial charge in [-0.1, -0.05) is 0 Å². The Morgan fingerprint density at radius 2 is 2.15 bits per heavy atom. The van der Waals surface area contributed by atoms with Crippen molar-refractivity contribution < 1.29 is 4.74 Å². The summed E-state index contributed by atoms with van der Waals surface area (Å²) in [7, 11) is 3.56. The van der Waals surface area contributed by atoms with Crippen LogP contribution in [-0.4, -0.2) is 30.7 Å². The van der Waals surface area contributed by atoms with E-state index in [1.54, 1.807) is 7.11 Å². The van der Waals surface area contributed by atoms with Gasteiger partial charge in [0, 0.05) is 25.4 Å². The summed E-state index contributed by atoms with van der Waals surface area (Å²) >= 11 is 0. The molecule has 0 aliphatic rings. The average molecular weight is 181 g/mol. The van der Waals surface area contributed by atoms with E-state index in [2.05, 4.69) is 16.9 Å². The van der Waals surface area contributed by atoms with E-state index in [4.69, 9.17) is 4.74 Å². The molecule has 0 bridgehead atoms. The normalized spacial score (nSPS) is 9.85. The van der Waals surface area contributed by atoms with Crippen LogP contribution in [0.1, 0.15) is 12.6 Å². The summed E-state index contributed by atoms with van der Waals surface area (Å²) in [4.78, 5) is 10.5. The maximum atomic E-state index is 5.05. The SMILES string of the molecule is CCN(C)c1nc(C)cc(OC)n1. The van der Waals surface area contributed by atoms with Gasteiger partial charge in [0.25, 0.3) is 0 Å². The van der Waals surface area contributed by atoms with E-state index < -0.39 is 0 Å². The quantitative estimate of drug-likeness (QED) is 0.703. The summed E-state index contributed by atoms with van der Waals surface area (Å²) in [5.41, 5.74) is 0.919. The molecule has 13 heavy (non-hydrogen) atoms. The predicted octanol–water partition coefficient (Wildman–Crippen LogP) is 1.25. The largest absolute Gasteiger partial charge is 0.481 e. The van der Waals surface area contributed by atoms with Crippen LogP contribution in [-0.2, 0) is 0 Å². The molecular formula is C9H15N3O. The zero-order valence-electron chi connectivity index (χ0n) is 8.53. The van der Waals surface area contributed by atoms with Crippen molar-refractivity contribution >= 4 is 5.95 Å². The fraction of sp³-hybridized carbons (Fsp3) is 0.556. The highest BCUT2D eigenvalue weighted by Crippen LogP contribution is 2.13. The lowest BCUT2D eigenvalue weighted by atomic mass is 10.4. The Balaban J connectivity index is 3.01. The molecule has 0 fully saturated rings. The summed E-state index contributed by atoms with van der Waals surface area (Å²) in [5, 5.41) is 0. The zero-order chi connectivity index (χ0) is 9.84. The van der Waals surface area contributed by atoms with Gasteiger partial charge < -0.3 is 9.64 Å². The summed E-state index contributed by atoms with van der Waals surface area (Å²) in [6, 6.07) is 1.81. The molecular weight excluding hydrogens is 166 g/mol. The van der Waals surface area contributed by atoms with Gasteiger partial charge in [-0.2, -0.15) is 4.98 Å². The molecule has 1 heterocycles. The van der Waals surface area contributed by atoms with E-state index >= 15 is 0 Å². The first-order chi connectivity index (χ1) is 6.17. The van der Waals surface area contributed by atoms with Gasteiger partial charge in [-0.05, 0) is 13.8 Å². The Labute approximate surface area is 78.6 Å². The Hall–Kier alpha value is -1.32. The van der Waals surface area contributed by atoms with Crippen LogP contribution in [0.5, 0.6) is 5.88 Å². The monoisotopic (exact) mass is 181 g/mol. The van der Waals surface area contributed by atoms with Gasteiger partial charge in [0.05, 0.1) is 7.11 Å². The fourth-order valence-electron chi connectivity index (χ4n) is 0.941. The minimum Gasteiger partial charge on any atom is -0.481 e. The molecule has 0 saturated heterocycles. The third-order valence-electron chi connectivity index (χ3n) is 1.84. The van der Waals surface area contributed by atoms with Gasteiger partial charge in [0.1, 0.15) is 0 Å². The van der Waals surface area contributed by atoms with Crippen molar-refractivity contribution in [3.63, 3.8) is 0 Å². The standard InChI is InChI=1S/C9H15N3O/c1-5-12(3)9-10-7(2)6-8(11-9)13-4/h6H,5H2,1-4H3. The number of aromatic nitrogens is 2. The van der Waals surface area contributed by atoms with E-state index in [9.17, 15) is 0 Å². The summed E-state index contributed by atoms with van der Waals surface area (Å²) in [5.74, 6) is 1.32. The highest BCUT2D eigenvalue weighted by atomic mass is 16.5. The summed E-state index contributed by atoms with van der Waals surface area (Å²) in [6.45, 7) is 4.86. The molecule has 0 radical (unpaired) electrons. The number of ether oxygens (including phenoxy) is 1. The number of hydrogen-bond acceptors (Lipinski definition) is 4. The molecule has 1 rings (SSSR count). The lowest BCUT2D eigenvalue weighted by Gasteiger charge is -2.15. The maximum absolute atomic E-state index is 5.05. The average Bonchev–Trinajstić information content (AvgIpc) is 2.15. The van der Waals surface area contributed by atoms with Gasteiger partial charge in [-0.15, -0.1) is 0 Å². The Morgan fingerprint density at radius 3 is 2.69 bits per heavy atom. The van der Waals surface area contributed by atoms with Crippen LogP contribution in [0.3, 0.4) is 0 Å². The number of methoxy groups -OCH3 is 1. The predicted molar refractivity (Wildman–Crippen MR) is 52.3 cm³/mol. The second-order valence-corrected chi connectivity index (χ2v) is 2.87. The zero-order valence-corrected chi connectivity index (χ0v) is 8.53. The van der Waals surface area contributed by atoms with Crippen LogP contribution in [0.15, 0.2) is 6.07 Å². The Morgan fingerprint density at radius 1 is 1.46 bits per heavy atom. The molecule has 4 heteroatoms. The van der Waals surface area contributed by atoms with Gasteiger partial charge in [-0.3, -0.25) is 0 Å². The molecule has 0 N–H and O–H groups in total. The van der Waals surface area contributed by atoms with Crippen molar-refractivity contribution in [2.45, 2.75) is 13.8 Å². The number of aryl methyl sites for hydroxylation is 1. The fourth-order valence-corrected chi connectivity index (χ4v) is 0.941. The van der Waals surface area contributed by atoms with Crippen LogP contribution in [0, 0.1) is 6.92 Å². The molecule has 0 amide bonds. The highest BCUT2D eigenvalue weighted by Gasteiger charge is 2.04. The third-order valence-corrected chi connectivity index (χ3v) is 1.84. The first-order valence-corrected chi connectivity index (χ1v) is 4.28. The second kappa shape index (κ2) is 4.07.